The largest absolute Gasteiger partial charge is 0.495 e. The summed E-state index contributed by atoms with van der Waals surface area (Å²) < 4.78 is 4.87. The van der Waals surface area contributed by atoms with E-state index in [-0.39, 0.29) is 11.7 Å². The van der Waals surface area contributed by atoms with Crippen LogP contribution in [0.25, 0.3) is 0 Å². The number of methoxy groups -OCH3 is 1. The zero-order valence-corrected chi connectivity index (χ0v) is 12.9. The smallest absolute Gasteiger partial charge is 0.240 e. The number of nitrogens with zero attached hydrogens (tertiary/aromatic N) is 1. The van der Waals surface area contributed by atoms with Crippen LogP contribution < -0.4 is 15.8 Å². The van der Waals surface area contributed by atoms with Crippen LogP contribution in [0.5, 0.6) is 5.75 Å². The lowest BCUT2D eigenvalue weighted by Gasteiger charge is -2.22. The molecule has 0 radical (unpaired) electrons. The normalized spacial score (nSPS) is 22.1. The van der Waals surface area contributed by atoms with Crippen LogP contribution in [0.2, 0.25) is 0 Å². The van der Waals surface area contributed by atoms with Gasteiger partial charge in [0.2, 0.25) is 5.91 Å². The molecule has 7 heteroatoms. The number of benzene rings is 1. The van der Waals surface area contributed by atoms with Crippen LogP contribution in [0.4, 0.5) is 5.69 Å². The van der Waals surface area contributed by atoms with E-state index >= 15 is 0 Å². The quantitative estimate of drug-likeness (QED) is 0.342. The number of hydrogen-bond donors (Lipinski definition) is 3. The maximum Gasteiger partial charge on any atom is 0.240 e. The highest BCUT2D eigenvalue weighted by Crippen LogP contribution is 2.39. The Hall–Kier alpha value is -1.89. The topological polar surface area (TPSA) is 96.9 Å². The van der Waals surface area contributed by atoms with Crippen molar-refractivity contribution in [1.82, 2.24) is 0 Å². The summed E-state index contributed by atoms with van der Waals surface area (Å²) in [5.41, 5.74) is 6.64. The van der Waals surface area contributed by atoms with Crippen LogP contribution >= 0.6 is 11.8 Å². The van der Waals surface area contributed by atoms with Gasteiger partial charge >= 0.3 is 0 Å². The fourth-order valence-electron chi connectivity index (χ4n) is 2.22. The van der Waals surface area contributed by atoms with Gasteiger partial charge in [-0.3, -0.25) is 4.79 Å². The molecule has 1 unspecified atom stereocenters. The third kappa shape index (κ3) is 3.24. The number of ether oxygens (including phenoxy) is 1. The SMILES string of the molecule is COc1cc(/C(N)=N/O)ccc1NC(=O)C1(C)CCCS1. The lowest BCUT2D eigenvalue weighted by molar-refractivity contribution is -0.118. The fourth-order valence-corrected chi connectivity index (χ4v) is 3.43. The molecule has 1 aliphatic rings. The second-order valence-electron chi connectivity index (χ2n) is 5.04. The average molecular weight is 309 g/mol. The zero-order valence-electron chi connectivity index (χ0n) is 12.0. The van der Waals surface area contributed by atoms with Crippen LogP contribution in [-0.2, 0) is 4.79 Å². The van der Waals surface area contributed by atoms with Crippen LogP contribution in [0.3, 0.4) is 0 Å². The van der Waals surface area contributed by atoms with Crippen LogP contribution in [0.1, 0.15) is 25.3 Å². The Labute approximate surface area is 127 Å². The van der Waals surface area contributed by atoms with Crippen molar-refractivity contribution in [3.63, 3.8) is 0 Å². The van der Waals surface area contributed by atoms with Crippen molar-refractivity contribution < 1.29 is 14.7 Å². The summed E-state index contributed by atoms with van der Waals surface area (Å²) in [5, 5.41) is 14.5. The summed E-state index contributed by atoms with van der Waals surface area (Å²) in [6.45, 7) is 1.96. The van der Waals surface area contributed by atoms with Gasteiger partial charge in [-0.25, -0.2) is 0 Å². The standard InChI is InChI=1S/C14H19N3O3S/c1-14(6-3-7-21-14)13(18)16-10-5-4-9(12(15)17-19)8-11(10)20-2/h4-5,8,19H,3,6-7H2,1-2H3,(H2,15,17)(H,16,18). The molecule has 1 atom stereocenters. The van der Waals surface area contributed by atoms with E-state index < -0.39 is 4.75 Å². The molecule has 1 heterocycles. The van der Waals surface area contributed by atoms with E-state index in [0.717, 1.165) is 18.6 Å². The lowest BCUT2D eigenvalue weighted by atomic mass is 10.0. The Kier molecular flexibility index (Phi) is 4.62. The molecule has 21 heavy (non-hydrogen) atoms. The second kappa shape index (κ2) is 6.26. The second-order valence-corrected chi connectivity index (χ2v) is 6.64. The van der Waals surface area contributed by atoms with Gasteiger partial charge in [0.05, 0.1) is 17.5 Å². The molecular weight excluding hydrogens is 290 g/mol. The predicted octanol–water partition coefficient (Wildman–Crippen LogP) is 2.01. The summed E-state index contributed by atoms with van der Waals surface area (Å²) in [6, 6.07) is 4.97. The Morgan fingerprint density at radius 3 is 2.90 bits per heavy atom. The van der Waals surface area contributed by atoms with E-state index in [1.54, 1.807) is 30.0 Å². The molecule has 4 N–H and O–H groups in total. The number of anilines is 1. The molecular formula is C14H19N3O3S. The van der Waals surface area contributed by atoms with Gasteiger partial charge in [0.1, 0.15) is 5.75 Å². The third-order valence-corrected chi connectivity index (χ3v) is 5.07. The molecule has 1 aromatic rings. The van der Waals surface area contributed by atoms with E-state index in [4.69, 9.17) is 15.7 Å². The van der Waals surface area contributed by atoms with Gasteiger partial charge in [-0.1, -0.05) is 5.16 Å². The fraction of sp³-hybridized carbons (Fsp3) is 0.429. The summed E-state index contributed by atoms with van der Waals surface area (Å²) in [5.74, 6) is 1.44. The Balaban J connectivity index is 2.22. The first-order chi connectivity index (χ1) is 10.00. The van der Waals surface area contributed by atoms with Gasteiger partial charge in [-0.05, 0) is 43.7 Å². The van der Waals surface area contributed by atoms with E-state index in [1.807, 2.05) is 6.92 Å². The van der Waals surface area contributed by atoms with Crippen molar-refractivity contribution in [2.24, 2.45) is 10.9 Å². The van der Waals surface area contributed by atoms with E-state index in [1.165, 1.54) is 7.11 Å². The maximum atomic E-state index is 12.4. The predicted molar refractivity (Wildman–Crippen MR) is 84.2 cm³/mol. The van der Waals surface area contributed by atoms with Crippen molar-refractivity contribution in [3.05, 3.63) is 23.8 Å². The van der Waals surface area contributed by atoms with Crippen molar-refractivity contribution >= 4 is 29.2 Å². The summed E-state index contributed by atoms with van der Waals surface area (Å²) in [7, 11) is 1.51. The number of carbonyl (C=O) groups excluding carboxylic acids is 1. The van der Waals surface area contributed by atoms with Crippen molar-refractivity contribution in [2.75, 3.05) is 18.2 Å². The summed E-state index contributed by atoms with van der Waals surface area (Å²) >= 11 is 1.67. The van der Waals surface area contributed by atoms with Crippen molar-refractivity contribution in [1.29, 1.82) is 0 Å². The van der Waals surface area contributed by atoms with Crippen molar-refractivity contribution in [3.8, 4) is 5.75 Å². The minimum atomic E-state index is -0.394. The molecule has 0 aliphatic carbocycles. The van der Waals surface area contributed by atoms with E-state index in [0.29, 0.717) is 17.0 Å². The monoisotopic (exact) mass is 309 g/mol. The number of amidine groups is 1. The Bertz CT molecular complexity index is 569. The number of hydrogen-bond acceptors (Lipinski definition) is 5. The van der Waals surface area contributed by atoms with Gasteiger partial charge in [-0.2, -0.15) is 0 Å². The Morgan fingerprint density at radius 2 is 2.33 bits per heavy atom. The zero-order chi connectivity index (χ0) is 15.5. The molecule has 0 spiro atoms. The van der Waals surface area contributed by atoms with Gasteiger partial charge in [0.15, 0.2) is 5.84 Å². The number of oxime groups is 1. The highest BCUT2D eigenvalue weighted by atomic mass is 32.2. The number of rotatable bonds is 4. The molecule has 1 saturated heterocycles. The first kappa shape index (κ1) is 15.5. The maximum absolute atomic E-state index is 12.4. The summed E-state index contributed by atoms with van der Waals surface area (Å²) in [4.78, 5) is 12.4. The minimum absolute atomic E-state index is 0.00973. The number of thioether (sulfide) groups is 1. The first-order valence-corrected chi connectivity index (χ1v) is 7.60. The highest BCUT2D eigenvalue weighted by molar-refractivity contribution is 8.01. The highest BCUT2D eigenvalue weighted by Gasteiger charge is 2.37. The third-order valence-electron chi connectivity index (χ3n) is 3.55. The van der Waals surface area contributed by atoms with Gasteiger partial charge < -0.3 is 21.0 Å². The number of nitrogens with one attached hydrogen (secondary N) is 1. The number of carbonyl (C=O) groups is 1. The van der Waals surface area contributed by atoms with Crippen LogP contribution in [0, 0.1) is 0 Å². The van der Waals surface area contributed by atoms with E-state index in [2.05, 4.69) is 10.5 Å². The Morgan fingerprint density at radius 1 is 1.57 bits per heavy atom. The van der Waals surface area contributed by atoms with E-state index in [9.17, 15) is 4.79 Å². The lowest BCUT2D eigenvalue weighted by Crippen LogP contribution is -2.34. The van der Waals surface area contributed by atoms with Crippen molar-refractivity contribution in [2.45, 2.75) is 24.5 Å². The molecule has 1 fully saturated rings. The van der Waals surface area contributed by atoms with Crippen LogP contribution in [-0.4, -0.2) is 34.6 Å². The molecule has 114 valence electrons. The molecule has 0 aromatic heterocycles. The number of nitrogens with two attached hydrogens (primary N) is 1. The summed E-state index contributed by atoms with van der Waals surface area (Å²) in [6.07, 6.45) is 1.92. The van der Waals surface area contributed by atoms with Gasteiger partial charge in [0, 0.05) is 5.56 Å². The average Bonchev–Trinajstić information content (AvgIpc) is 2.95. The number of amides is 1. The molecule has 2 rings (SSSR count). The van der Waals surface area contributed by atoms with Gasteiger partial charge in [0.25, 0.3) is 0 Å². The molecule has 1 aromatic carbocycles. The molecule has 1 amide bonds. The molecule has 6 nitrogen and oxygen atoms in total. The minimum Gasteiger partial charge on any atom is -0.495 e. The first-order valence-electron chi connectivity index (χ1n) is 6.61. The van der Waals surface area contributed by atoms with Crippen LogP contribution in [0.15, 0.2) is 23.4 Å². The molecule has 0 bridgehead atoms. The van der Waals surface area contributed by atoms with Gasteiger partial charge in [-0.15, -0.1) is 11.8 Å². The molecule has 1 aliphatic heterocycles. The molecule has 0 saturated carbocycles.